The van der Waals surface area contributed by atoms with Crippen LogP contribution >= 0.6 is 0 Å². The average Bonchev–Trinajstić information content (AvgIpc) is 3.63. The fourth-order valence-corrected chi connectivity index (χ4v) is 5.75. The molecule has 0 aromatic carbocycles. The van der Waals surface area contributed by atoms with Gasteiger partial charge in [0.05, 0.1) is 23.2 Å². The SMILES string of the molecule is Cc1cc2[nH]c1C=c1[nH]c(c(CCC(=O)O)c1C)=Cc1[nH]c(c(C)c1CCC(=O)O)C=c1cc(C)c([nH]1)=C2C(=O)CN. The lowest BCUT2D eigenvalue weighted by Crippen LogP contribution is -2.25. The quantitative estimate of drug-likeness (QED) is 0.165. The van der Waals surface area contributed by atoms with Crippen molar-refractivity contribution in [2.45, 2.75) is 53.4 Å². The predicted octanol–water partition coefficient (Wildman–Crippen LogP) is 0.794. The highest BCUT2D eigenvalue weighted by Gasteiger charge is 2.19. The highest BCUT2D eigenvalue weighted by atomic mass is 16.4. The second-order valence-electron chi connectivity index (χ2n) is 10.9. The third-order valence-electron chi connectivity index (χ3n) is 8.03. The molecule has 0 amide bonds. The fourth-order valence-electron chi connectivity index (χ4n) is 5.75. The number of fused-ring (bicyclic) bond motifs is 8. The van der Waals surface area contributed by atoms with E-state index in [1.54, 1.807) is 0 Å². The van der Waals surface area contributed by atoms with Gasteiger partial charge in [-0.1, -0.05) is 0 Å². The molecule has 0 saturated heterocycles. The predicted molar refractivity (Wildman–Crippen MR) is 160 cm³/mol. The molecule has 0 spiro atoms. The number of aromatic nitrogens is 4. The first-order chi connectivity index (χ1) is 20.0. The van der Waals surface area contributed by atoms with Gasteiger partial charge in [-0.15, -0.1) is 0 Å². The van der Waals surface area contributed by atoms with Gasteiger partial charge in [0.15, 0.2) is 5.78 Å². The molecule has 4 aromatic heterocycles. The lowest BCUT2D eigenvalue weighted by atomic mass is 10.0. The molecule has 0 atom stereocenters. The Morgan fingerprint density at radius 3 is 2.05 bits per heavy atom. The van der Waals surface area contributed by atoms with Crippen LogP contribution in [0.3, 0.4) is 0 Å². The summed E-state index contributed by atoms with van der Waals surface area (Å²) in [4.78, 5) is 50.0. The van der Waals surface area contributed by atoms with Gasteiger partial charge in [0.25, 0.3) is 0 Å². The van der Waals surface area contributed by atoms with E-state index in [2.05, 4.69) is 19.9 Å². The van der Waals surface area contributed by atoms with Gasteiger partial charge in [0.2, 0.25) is 0 Å². The molecule has 0 radical (unpaired) electrons. The van der Waals surface area contributed by atoms with Crippen LogP contribution in [0.2, 0.25) is 0 Å². The number of hydrogen-bond donors (Lipinski definition) is 7. The van der Waals surface area contributed by atoms with Gasteiger partial charge >= 0.3 is 11.9 Å². The maximum Gasteiger partial charge on any atom is 0.303 e. The van der Waals surface area contributed by atoms with Crippen LogP contribution in [0, 0.1) is 27.7 Å². The molecule has 1 aliphatic rings. The van der Waals surface area contributed by atoms with E-state index in [9.17, 15) is 24.6 Å². The number of aliphatic carboxylic acids is 2. The minimum atomic E-state index is -0.891. The number of nitrogens with two attached hydrogens (primary N) is 1. The summed E-state index contributed by atoms with van der Waals surface area (Å²) in [6.07, 6.45) is 6.42. The van der Waals surface area contributed by atoms with Crippen LogP contribution in [0.1, 0.15) is 69.0 Å². The summed E-state index contributed by atoms with van der Waals surface area (Å²) in [6, 6.07) is 3.90. The number of aromatic amines is 4. The van der Waals surface area contributed by atoms with Crippen molar-refractivity contribution in [3.8, 4) is 0 Å². The van der Waals surface area contributed by atoms with Gasteiger partial charge in [-0.05, 0) is 104 Å². The largest absolute Gasteiger partial charge is 0.481 e. The Bertz CT molecular complexity index is 2000. The monoisotopic (exact) mass is 569 g/mol. The minimum absolute atomic E-state index is 0.0346. The number of carboxylic acids is 2. The zero-order valence-electron chi connectivity index (χ0n) is 24.1. The number of Topliss-reactive ketones (excluding diaryl/α,β-unsaturated/α-hetero) is 1. The molecule has 0 unspecified atom stereocenters. The van der Waals surface area contributed by atoms with Crippen LogP contribution in [0.15, 0.2) is 12.1 Å². The molecule has 8 bridgehead atoms. The van der Waals surface area contributed by atoms with Crippen LogP contribution < -0.4 is 27.1 Å². The second kappa shape index (κ2) is 11.2. The molecule has 5 rings (SSSR count). The molecule has 8 N–H and O–H groups in total. The van der Waals surface area contributed by atoms with Crippen molar-refractivity contribution < 1.29 is 24.6 Å². The normalized spacial score (nSPS) is 12.5. The van der Waals surface area contributed by atoms with Gasteiger partial charge in [-0.3, -0.25) is 14.4 Å². The Hall–Kier alpha value is -4.83. The molecular formula is C32H35N5O5. The topological polar surface area (TPSA) is 181 Å². The number of carbonyl (C=O) groups is 3. The van der Waals surface area contributed by atoms with Gasteiger partial charge in [-0.25, -0.2) is 0 Å². The van der Waals surface area contributed by atoms with Crippen molar-refractivity contribution in [1.29, 1.82) is 0 Å². The molecule has 0 aliphatic carbocycles. The van der Waals surface area contributed by atoms with Crippen LogP contribution in [0.5, 0.6) is 0 Å². The van der Waals surface area contributed by atoms with Gasteiger partial charge in [0, 0.05) is 46.0 Å². The third kappa shape index (κ3) is 5.40. The first-order valence-electron chi connectivity index (χ1n) is 13.9. The van der Waals surface area contributed by atoms with E-state index in [4.69, 9.17) is 5.73 Å². The third-order valence-corrected chi connectivity index (χ3v) is 8.03. The Kier molecular flexibility index (Phi) is 7.66. The first kappa shape index (κ1) is 28.7. The average molecular weight is 570 g/mol. The van der Waals surface area contributed by atoms with Crippen molar-refractivity contribution >= 4 is 41.5 Å². The summed E-state index contributed by atoms with van der Waals surface area (Å²) in [6.45, 7) is 7.64. The summed E-state index contributed by atoms with van der Waals surface area (Å²) in [5, 5.41) is 21.9. The molecule has 10 heteroatoms. The molecule has 4 aromatic rings. The van der Waals surface area contributed by atoms with E-state index in [0.717, 1.165) is 66.5 Å². The van der Waals surface area contributed by atoms with Crippen molar-refractivity contribution in [2.75, 3.05) is 6.54 Å². The van der Waals surface area contributed by atoms with Crippen molar-refractivity contribution in [3.63, 3.8) is 0 Å². The number of H-pyrrole nitrogens is 4. The molecule has 5 heterocycles. The van der Waals surface area contributed by atoms with E-state index in [1.807, 2.05) is 58.1 Å². The van der Waals surface area contributed by atoms with Gasteiger partial charge in [-0.2, -0.15) is 0 Å². The molecule has 0 saturated carbocycles. The van der Waals surface area contributed by atoms with E-state index in [1.165, 1.54) is 0 Å². The van der Waals surface area contributed by atoms with Crippen molar-refractivity contribution in [2.24, 2.45) is 5.73 Å². The van der Waals surface area contributed by atoms with Crippen LogP contribution in [-0.2, 0) is 27.2 Å². The van der Waals surface area contributed by atoms with Crippen LogP contribution in [0.25, 0.3) is 23.8 Å². The zero-order chi connectivity index (χ0) is 30.3. The highest BCUT2D eigenvalue weighted by Crippen LogP contribution is 2.22. The summed E-state index contributed by atoms with van der Waals surface area (Å²) < 4.78 is 0. The number of nitrogens with one attached hydrogen (secondary N) is 4. The summed E-state index contributed by atoms with van der Waals surface area (Å²) >= 11 is 0. The molecule has 1 aliphatic heterocycles. The summed E-state index contributed by atoms with van der Waals surface area (Å²) in [5.74, 6) is -1.99. The zero-order valence-corrected chi connectivity index (χ0v) is 24.1. The second-order valence-corrected chi connectivity index (χ2v) is 10.9. The molecular weight excluding hydrogens is 534 g/mol. The number of rotatable bonds is 8. The smallest absolute Gasteiger partial charge is 0.303 e. The Labute approximate surface area is 241 Å². The molecule has 10 nitrogen and oxygen atoms in total. The summed E-state index contributed by atoms with van der Waals surface area (Å²) in [5.41, 5.74) is 14.7. The summed E-state index contributed by atoms with van der Waals surface area (Å²) in [7, 11) is 0. The number of carbonyl (C=O) groups excluding carboxylic acids is 1. The van der Waals surface area contributed by atoms with Crippen molar-refractivity contribution in [1.82, 2.24) is 19.9 Å². The lowest BCUT2D eigenvalue weighted by molar-refractivity contribution is -0.138. The first-order valence-corrected chi connectivity index (χ1v) is 13.9. The fraction of sp³-hybridized carbons (Fsp3) is 0.281. The number of hydrogen-bond acceptors (Lipinski definition) is 4. The number of aryl methyl sites for hydroxylation is 2. The van der Waals surface area contributed by atoms with Crippen LogP contribution in [0.4, 0.5) is 0 Å². The van der Waals surface area contributed by atoms with E-state index in [0.29, 0.717) is 29.5 Å². The molecule has 218 valence electrons. The van der Waals surface area contributed by atoms with E-state index >= 15 is 0 Å². The van der Waals surface area contributed by atoms with E-state index < -0.39 is 11.9 Å². The number of carboxylic acid groups (broad SMARTS) is 2. The lowest BCUT2D eigenvalue weighted by Gasteiger charge is -2.03. The number of ketones is 1. The van der Waals surface area contributed by atoms with Gasteiger partial charge in [0.1, 0.15) is 0 Å². The van der Waals surface area contributed by atoms with Crippen molar-refractivity contribution in [3.05, 3.63) is 89.7 Å². The maximum atomic E-state index is 13.2. The Morgan fingerprint density at radius 2 is 1.38 bits per heavy atom. The van der Waals surface area contributed by atoms with Gasteiger partial charge < -0.3 is 35.9 Å². The van der Waals surface area contributed by atoms with E-state index in [-0.39, 0.29) is 25.2 Å². The standard InChI is InChI=1S/C32H35N5O5/c1-15-10-27-31(28(38)14-33)32-16(2)9-19(34-32)11-23-17(3)20(5-7-29(39)40)25(36-23)13-26-21(6-8-30(41)42)18(4)24(37-26)12-22(15)35-27/h9-13,34-37H,5-8,14,33H2,1-4H3,(H,39,40)(H,41,42). The Morgan fingerprint density at radius 1 is 0.714 bits per heavy atom. The van der Waals surface area contributed by atoms with Crippen LogP contribution in [-0.4, -0.2) is 54.4 Å². The maximum absolute atomic E-state index is 13.2. The minimum Gasteiger partial charge on any atom is -0.481 e. The Balaban J connectivity index is 1.90. The molecule has 42 heavy (non-hydrogen) atoms. The molecule has 0 fully saturated rings. The highest BCUT2D eigenvalue weighted by molar-refractivity contribution is 6.20.